The van der Waals surface area contributed by atoms with Crippen LogP contribution < -0.4 is 28.9 Å². The molecule has 0 radical (unpaired) electrons. The van der Waals surface area contributed by atoms with Crippen molar-refractivity contribution in [2.75, 3.05) is 6.61 Å². The van der Waals surface area contributed by atoms with Crippen molar-refractivity contribution in [2.24, 2.45) is 0 Å². The van der Waals surface area contributed by atoms with Crippen LogP contribution in [0.25, 0.3) is 0 Å². The van der Waals surface area contributed by atoms with Crippen molar-refractivity contribution in [3.05, 3.63) is 58.7 Å². The van der Waals surface area contributed by atoms with E-state index in [1.54, 1.807) is 0 Å². The van der Waals surface area contributed by atoms with Crippen molar-refractivity contribution >= 4 is 19.4 Å². The number of ether oxygens (including phenoxy) is 1. The largest absolute Gasteiger partial charge is 1.00 e. The molecule has 0 saturated carbocycles. The van der Waals surface area contributed by atoms with Crippen LogP contribution in [0.3, 0.4) is 0 Å². The molecule has 0 N–H and O–H groups in total. The molecule has 0 heterocycles. The Hall–Kier alpha value is -1.06. The molecule has 116 valence electrons. The van der Waals surface area contributed by atoms with Gasteiger partial charge in [0.1, 0.15) is 5.75 Å². The van der Waals surface area contributed by atoms with Gasteiger partial charge < -0.3 is 4.74 Å². The first-order valence-corrected chi connectivity index (χ1v) is 8.63. The minimum absolute atomic E-state index is 0. The Morgan fingerprint density at radius 1 is 1.04 bits per heavy atom. The summed E-state index contributed by atoms with van der Waals surface area (Å²) in [4.78, 5) is 12.6. The van der Waals surface area contributed by atoms with E-state index in [9.17, 15) is 4.79 Å². The van der Waals surface area contributed by atoms with Gasteiger partial charge in [-0.15, -0.1) is 0 Å². The van der Waals surface area contributed by atoms with Crippen LogP contribution in [0.1, 0.15) is 40.4 Å². The van der Waals surface area contributed by atoms with E-state index in [1.807, 2.05) is 38.1 Å². The summed E-state index contributed by atoms with van der Waals surface area (Å²) in [5.74, 6) is 0.866. The van der Waals surface area contributed by atoms with Crippen molar-refractivity contribution in [2.45, 2.75) is 34.1 Å². The summed E-state index contributed by atoms with van der Waals surface area (Å²) < 4.78 is 5.57. The Morgan fingerprint density at radius 2 is 1.61 bits per heavy atom. The number of hydrogen-bond acceptors (Lipinski definition) is 2. The fourth-order valence-corrected chi connectivity index (χ4v) is 3.70. The topological polar surface area (TPSA) is 26.3 Å². The summed E-state index contributed by atoms with van der Waals surface area (Å²) in [6, 6.07) is 12.0. The molecule has 0 spiro atoms. The maximum absolute atomic E-state index is 12.6. The average molecular weight is 321 g/mol. The van der Waals surface area contributed by atoms with Crippen LogP contribution in [-0.2, 0) is 0 Å². The first-order valence-electron chi connectivity index (χ1n) is 7.63. The minimum Gasteiger partial charge on any atom is -0.494 e. The zero-order chi connectivity index (χ0) is 16.1. The van der Waals surface area contributed by atoms with E-state index in [4.69, 9.17) is 4.74 Å². The predicted octanol–water partition coefficient (Wildman–Crippen LogP) is 1.55. The molecule has 0 aliphatic carbocycles. The van der Waals surface area contributed by atoms with Gasteiger partial charge in [0.2, 0.25) is 0 Å². The van der Waals surface area contributed by atoms with Crippen LogP contribution in [0.15, 0.2) is 36.4 Å². The predicted molar refractivity (Wildman–Crippen MR) is 95.2 cm³/mol. The van der Waals surface area contributed by atoms with E-state index < -0.39 is 0 Å². The second kappa shape index (κ2) is 9.29. The van der Waals surface area contributed by atoms with Gasteiger partial charge in [-0.1, -0.05) is 36.8 Å². The normalized spacial score (nSPS) is 10.6. The van der Waals surface area contributed by atoms with Crippen molar-refractivity contribution in [3.8, 4) is 5.75 Å². The number of carbonyl (C=O) groups is 1. The Balaban J connectivity index is 0.00000264. The summed E-state index contributed by atoms with van der Waals surface area (Å²) in [6.07, 6.45) is 0.994. The first kappa shape index (κ1) is 20.0. The van der Waals surface area contributed by atoms with Gasteiger partial charge in [-0.05, 0) is 64.3 Å². The number of rotatable bonds is 6. The smallest absolute Gasteiger partial charge is 0.494 e. The molecule has 1 unspecified atom stereocenters. The molecular formula is C19H23LiO2P+. The molecule has 23 heavy (non-hydrogen) atoms. The van der Waals surface area contributed by atoms with Gasteiger partial charge in [0.25, 0.3) is 0 Å². The number of carbonyl (C=O) groups excluding carboxylic acids is 1. The molecule has 4 heteroatoms. The van der Waals surface area contributed by atoms with Crippen LogP contribution in [0.2, 0.25) is 0 Å². The molecular weight excluding hydrogens is 298 g/mol. The minimum atomic E-state index is 0. The Morgan fingerprint density at radius 3 is 2.13 bits per heavy atom. The molecule has 2 rings (SSSR count). The van der Waals surface area contributed by atoms with E-state index in [2.05, 4.69) is 26.0 Å². The third-order valence-electron chi connectivity index (χ3n) is 3.49. The Kier molecular flexibility index (Phi) is 8.07. The van der Waals surface area contributed by atoms with Crippen LogP contribution in [0.5, 0.6) is 5.75 Å². The molecule has 0 aliphatic rings. The third-order valence-corrected chi connectivity index (χ3v) is 4.59. The van der Waals surface area contributed by atoms with Gasteiger partial charge in [-0.3, -0.25) is 4.79 Å². The molecule has 0 aliphatic heterocycles. The van der Waals surface area contributed by atoms with E-state index in [-0.39, 0.29) is 33.0 Å². The molecule has 2 aromatic rings. The van der Waals surface area contributed by atoms with Crippen molar-refractivity contribution in [1.29, 1.82) is 0 Å². The summed E-state index contributed by atoms with van der Waals surface area (Å²) in [7, 11) is 0.149. The first-order chi connectivity index (χ1) is 10.5. The van der Waals surface area contributed by atoms with E-state index in [1.165, 1.54) is 5.56 Å². The SMILES string of the molecule is CCCOc1ccc(PC(=O)c2c(C)cc(C)cc2C)cc1.[Li+]. The van der Waals surface area contributed by atoms with Gasteiger partial charge >= 0.3 is 18.9 Å². The molecule has 1 atom stereocenters. The van der Waals surface area contributed by atoms with Gasteiger partial charge in [0.15, 0.2) is 5.52 Å². The van der Waals surface area contributed by atoms with E-state index in [0.717, 1.165) is 40.8 Å². The maximum Gasteiger partial charge on any atom is 1.00 e. The van der Waals surface area contributed by atoms with Gasteiger partial charge in [0, 0.05) is 5.56 Å². The number of hydrogen-bond donors (Lipinski definition) is 0. The number of aryl methyl sites for hydroxylation is 3. The second-order valence-electron chi connectivity index (χ2n) is 5.60. The monoisotopic (exact) mass is 321 g/mol. The molecule has 0 amide bonds. The Labute approximate surface area is 153 Å². The van der Waals surface area contributed by atoms with Crippen LogP contribution in [-0.4, -0.2) is 12.1 Å². The Bertz CT molecular complexity index is 643. The van der Waals surface area contributed by atoms with Gasteiger partial charge in [-0.25, -0.2) is 0 Å². The van der Waals surface area contributed by atoms with Crippen molar-refractivity contribution < 1.29 is 28.4 Å². The molecule has 2 aromatic carbocycles. The van der Waals surface area contributed by atoms with Crippen molar-refractivity contribution in [1.82, 2.24) is 0 Å². The maximum atomic E-state index is 12.6. The van der Waals surface area contributed by atoms with Crippen LogP contribution in [0, 0.1) is 20.8 Å². The molecule has 0 bridgehead atoms. The average Bonchev–Trinajstić information content (AvgIpc) is 2.45. The second-order valence-corrected chi connectivity index (χ2v) is 6.88. The molecule has 0 saturated heterocycles. The van der Waals surface area contributed by atoms with Crippen LogP contribution >= 0.6 is 8.58 Å². The van der Waals surface area contributed by atoms with Gasteiger partial charge in [0.05, 0.1) is 6.61 Å². The molecule has 0 aromatic heterocycles. The van der Waals surface area contributed by atoms with Gasteiger partial charge in [-0.2, -0.15) is 0 Å². The zero-order valence-corrected chi connectivity index (χ0v) is 15.7. The summed E-state index contributed by atoms with van der Waals surface area (Å²) in [6.45, 7) is 8.90. The quantitative estimate of drug-likeness (QED) is 0.596. The molecule has 0 fully saturated rings. The van der Waals surface area contributed by atoms with Crippen LogP contribution in [0.4, 0.5) is 0 Å². The third kappa shape index (κ3) is 5.50. The zero-order valence-electron chi connectivity index (χ0n) is 14.7. The summed E-state index contributed by atoms with van der Waals surface area (Å²) >= 11 is 0. The standard InChI is InChI=1S/C19H23O2P.Li/c1-5-10-21-16-6-8-17(9-7-16)22-19(20)18-14(3)11-13(2)12-15(18)4;/h6-9,11-12,22H,5,10H2,1-4H3;/q;+1. The van der Waals surface area contributed by atoms with Crippen molar-refractivity contribution in [3.63, 3.8) is 0 Å². The summed E-state index contributed by atoms with van der Waals surface area (Å²) in [5.41, 5.74) is 4.41. The summed E-state index contributed by atoms with van der Waals surface area (Å²) in [5, 5.41) is 1.05. The fraction of sp³-hybridized carbons (Fsp3) is 0.316. The fourth-order valence-electron chi connectivity index (χ4n) is 2.59. The van der Waals surface area contributed by atoms with E-state index >= 15 is 0 Å². The molecule has 2 nitrogen and oxygen atoms in total. The number of benzene rings is 2. The van der Waals surface area contributed by atoms with E-state index in [0.29, 0.717) is 0 Å².